The van der Waals surface area contributed by atoms with Gasteiger partial charge in [-0.25, -0.2) is 14.4 Å². The molecule has 0 radical (unpaired) electrons. The zero-order valence-corrected chi connectivity index (χ0v) is 13.8. The van der Waals surface area contributed by atoms with Gasteiger partial charge in [0.2, 0.25) is 5.76 Å². The Morgan fingerprint density at radius 2 is 1.54 bits per heavy atom. The van der Waals surface area contributed by atoms with Crippen molar-refractivity contribution >= 4 is 24.0 Å². The van der Waals surface area contributed by atoms with Gasteiger partial charge in [0.05, 0.1) is 11.5 Å². The Labute approximate surface area is 155 Å². The first-order valence-electron chi connectivity index (χ1n) is 7.72. The van der Waals surface area contributed by atoms with Gasteiger partial charge >= 0.3 is 23.5 Å². The van der Waals surface area contributed by atoms with Crippen LogP contribution in [0.5, 0.6) is 11.5 Å². The van der Waals surface area contributed by atoms with Gasteiger partial charge < -0.3 is 29.9 Å². The molecule has 0 fully saturated rings. The fourth-order valence-corrected chi connectivity index (χ4v) is 3.21. The third kappa shape index (κ3) is 2.96. The molecule has 1 aliphatic rings. The number of rotatable bonds is 4. The van der Waals surface area contributed by atoms with Gasteiger partial charge in [-0.05, 0) is 41.5 Å². The lowest BCUT2D eigenvalue weighted by molar-refractivity contribution is -0.144. The fraction of sp³-hybridized carbons (Fsp3) is 0.111. The summed E-state index contributed by atoms with van der Waals surface area (Å²) in [7, 11) is 0. The molecule has 0 bridgehead atoms. The number of phenols is 2. The quantitative estimate of drug-likeness (QED) is 0.475. The molecular formula is C18H12O10. The number of phenolic OH excluding ortho intramolecular Hbond substituents is 2. The molecule has 2 atom stereocenters. The molecule has 5 N–H and O–H groups in total. The van der Waals surface area contributed by atoms with Crippen LogP contribution in [0.3, 0.4) is 0 Å². The Balaban J connectivity index is 2.34. The minimum absolute atomic E-state index is 0.0584. The highest BCUT2D eigenvalue weighted by Crippen LogP contribution is 2.45. The van der Waals surface area contributed by atoms with E-state index in [2.05, 4.69) is 4.42 Å². The molecule has 10 nitrogen and oxygen atoms in total. The van der Waals surface area contributed by atoms with Gasteiger partial charge in [-0.15, -0.1) is 0 Å². The van der Waals surface area contributed by atoms with Crippen molar-refractivity contribution in [2.45, 2.75) is 5.92 Å². The molecule has 3 rings (SSSR count). The predicted molar refractivity (Wildman–Crippen MR) is 90.3 cm³/mol. The van der Waals surface area contributed by atoms with Crippen LogP contribution in [0.15, 0.2) is 39.1 Å². The van der Waals surface area contributed by atoms with Gasteiger partial charge in [0.1, 0.15) is 0 Å². The third-order valence-corrected chi connectivity index (χ3v) is 4.41. The van der Waals surface area contributed by atoms with Crippen LogP contribution in [0, 0.1) is 5.92 Å². The van der Waals surface area contributed by atoms with E-state index in [4.69, 9.17) is 5.11 Å². The molecule has 1 aromatic carbocycles. The van der Waals surface area contributed by atoms with E-state index in [0.29, 0.717) is 0 Å². The number of hydrogen-bond acceptors (Lipinski definition) is 7. The summed E-state index contributed by atoms with van der Waals surface area (Å²) in [5, 5.41) is 47.5. The molecule has 1 aromatic heterocycles. The van der Waals surface area contributed by atoms with Gasteiger partial charge in [-0.2, -0.15) is 0 Å². The minimum Gasteiger partial charge on any atom is -0.504 e. The fourth-order valence-electron chi connectivity index (χ4n) is 3.21. The maximum atomic E-state index is 12.3. The smallest absolute Gasteiger partial charge is 0.371 e. The lowest BCUT2D eigenvalue weighted by atomic mass is 9.71. The molecule has 0 spiro atoms. The lowest BCUT2D eigenvalue weighted by Gasteiger charge is -2.30. The van der Waals surface area contributed by atoms with E-state index in [-0.39, 0.29) is 16.7 Å². The van der Waals surface area contributed by atoms with E-state index in [0.717, 1.165) is 30.3 Å². The monoisotopic (exact) mass is 388 g/mol. The molecule has 0 saturated carbocycles. The van der Waals surface area contributed by atoms with Crippen LogP contribution < -0.4 is 5.63 Å². The van der Waals surface area contributed by atoms with Gasteiger partial charge in [0.15, 0.2) is 11.5 Å². The Kier molecular flexibility index (Phi) is 4.39. The van der Waals surface area contributed by atoms with Crippen LogP contribution in [0.4, 0.5) is 0 Å². The highest BCUT2D eigenvalue weighted by Gasteiger charge is 2.42. The summed E-state index contributed by atoms with van der Waals surface area (Å²) in [6.45, 7) is 0. The number of benzene rings is 1. The van der Waals surface area contributed by atoms with Crippen molar-refractivity contribution < 1.29 is 44.3 Å². The molecular weight excluding hydrogens is 376 g/mol. The normalized spacial score (nSPS) is 18.1. The van der Waals surface area contributed by atoms with Crippen molar-refractivity contribution in [2.75, 3.05) is 0 Å². The van der Waals surface area contributed by atoms with Crippen LogP contribution in [-0.4, -0.2) is 43.4 Å². The van der Waals surface area contributed by atoms with Crippen molar-refractivity contribution in [3.63, 3.8) is 0 Å². The Bertz CT molecular complexity index is 1110. The number of aromatic carboxylic acids is 1. The summed E-state index contributed by atoms with van der Waals surface area (Å²) >= 11 is 0. The average molecular weight is 388 g/mol. The number of fused-ring (bicyclic) bond motifs is 1. The summed E-state index contributed by atoms with van der Waals surface area (Å²) < 4.78 is 4.69. The first kappa shape index (κ1) is 18.7. The molecule has 0 amide bonds. The van der Waals surface area contributed by atoms with Crippen molar-refractivity contribution in [3.8, 4) is 11.5 Å². The minimum atomic E-state index is -1.73. The Morgan fingerprint density at radius 3 is 2.07 bits per heavy atom. The summed E-state index contributed by atoms with van der Waals surface area (Å²) in [5.41, 5.74) is -1.89. The molecule has 0 aliphatic heterocycles. The van der Waals surface area contributed by atoms with Crippen molar-refractivity contribution in [1.82, 2.24) is 0 Å². The first-order chi connectivity index (χ1) is 13.1. The molecule has 2 aromatic rings. The number of carboxylic acid groups (broad SMARTS) is 3. The molecule has 10 heteroatoms. The van der Waals surface area contributed by atoms with E-state index in [1.54, 1.807) is 0 Å². The van der Waals surface area contributed by atoms with Crippen LogP contribution in [0.2, 0.25) is 0 Å². The van der Waals surface area contributed by atoms with E-state index < -0.39 is 58.2 Å². The second-order valence-electron chi connectivity index (χ2n) is 6.02. The van der Waals surface area contributed by atoms with E-state index >= 15 is 0 Å². The van der Waals surface area contributed by atoms with Gasteiger partial charge in [-0.1, -0.05) is 0 Å². The number of carbonyl (C=O) groups is 3. The first-order valence-corrected chi connectivity index (χ1v) is 7.72. The van der Waals surface area contributed by atoms with Crippen LogP contribution in [0.25, 0.3) is 6.08 Å². The molecule has 0 saturated heterocycles. The zero-order chi connectivity index (χ0) is 20.7. The van der Waals surface area contributed by atoms with E-state index in [1.165, 1.54) is 0 Å². The number of aromatic hydroxyl groups is 2. The second-order valence-corrected chi connectivity index (χ2v) is 6.02. The summed E-state index contributed by atoms with van der Waals surface area (Å²) in [6, 6.07) is 4.03. The van der Waals surface area contributed by atoms with Gasteiger partial charge in [-0.3, -0.25) is 4.79 Å². The SMILES string of the molecule is O=C(O)C1=Cc2cc(O)c(O)cc2C(c2ccc(C(=O)O)oc2=O)C1C(=O)O. The molecule has 1 aliphatic carbocycles. The largest absolute Gasteiger partial charge is 0.504 e. The maximum Gasteiger partial charge on any atom is 0.371 e. The Morgan fingerprint density at radius 1 is 0.893 bits per heavy atom. The van der Waals surface area contributed by atoms with Crippen LogP contribution in [0.1, 0.15) is 33.2 Å². The zero-order valence-electron chi connectivity index (χ0n) is 13.8. The van der Waals surface area contributed by atoms with Crippen molar-refractivity contribution in [1.29, 1.82) is 0 Å². The average Bonchev–Trinajstić information content (AvgIpc) is 2.61. The molecule has 28 heavy (non-hydrogen) atoms. The molecule has 1 heterocycles. The van der Waals surface area contributed by atoms with Crippen LogP contribution in [-0.2, 0) is 9.59 Å². The third-order valence-electron chi connectivity index (χ3n) is 4.41. The van der Waals surface area contributed by atoms with Crippen LogP contribution >= 0.6 is 0 Å². The highest BCUT2D eigenvalue weighted by atomic mass is 16.4. The Hall–Kier alpha value is -4.08. The maximum absolute atomic E-state index is 12.3. The summed E-state index contributed by atoms with van der Waals surface area (Å²) in [6.07, 6.45) is 1.03. The number of aliphatic carboxylic acids is 2. The second kappa shape index (κ2) is 6.58. The van der Waals surface area contributed by atoms with Crippen molar-refractivity contribution in [2.24, 2.45) is 5.92 Å². The predicted octanol–water partition coefficient (Wildman–Crippen LogP) is 1.06. The van der Waals surface area contributed by atoms with Gasteiger partial charge in [0.25, 0.3) is 0 Å². The highest BCUT2D eigenvalue weighted by molar-refractivity contribution is 6.00. The summed E-state index contributed by atoms with van der Waals surface area (Å²) in [5.74, 6) is -9.62. The van der Waals surface area contributed by atoms with E-state index in [1.807, 2.05) is 0 Å². The van der Waals surface area contributed by atoms with Crippen molar-refractivity contribution in [3.05, 3.63) is 62.7 Å². The van der Waals surface area contributed by atoms with Gasteiger partial charge in [0, 0.05) is 11.5 Å². The van der Waals surface area contributed by atoms with E-state index in [9.17, 15) is 39.6 Å². The number of hydrogen-bond donors (Lipinski definition) is 5. The standard InChI is InChI=1S/C18H12O10/c19-10-4-6-3-9(15(21)22)14(17(25)26)13(8(6)5-11(10)20)7-1-2-12(16(23)24)28-18(7)27/h1-5,13-14,19-20H,(H,21,22)(H,23,24)(H,25,26). The number of carboxylic acids is 3. The lowest BCUT2D eigenvalue weighted by Crippen LogP contribution is -2.33. The molecule has 2 unspecified atom stereocenters. The topological polar surface area (TPSA) is 183 Å². The summed E-state index contributed by atoms with van der Waals surface area (Å²) in [4.78, 5) is 46.8. The molecule has 144 valence electrons.